The van der Waals surface area contributed by atoms with Gasteiger partial charge in [0.25, 0.3) is 11.8 Å². The van der Waals surface area contributed by atoms with Crippen LogP contribution in [0.5, 0.6) is 11.5 Å². The number of anilines is 1. The van der Waals surface area contributed by atoms with Crippen molar-refractivity contribution < 1.29 is 28.7 Å². The van der Waals surface area contributed by atoms with Gasteiger partial charge in [-0.25, -0.2) is 0 Å². The minimum atomic E-state index is -0.210. The standard InChI is InChI=1S/C25H29N3O5S/c1-31-20-6-4-17(14-21(20)32-2)15-23-25(30)27-19-16-18(5-7-22(19)34-23)24(29)26-8-3-9-28-10-12-33-13-11-28/h4-7,14-16H,3,8-13H2,1-2H3,(H,26,29)(H,27,30)/p+1. The van der Waals surface area contributed by atoms with Crippen molar-refractivity contribution in [3.63, 3.8) is 0 Å². The summed E-state index contributed by atoms with van der Waals surface area (Å²) in [5.41, 5.74) is 2.00. The maximum atomic E-state index is 12.7. The first kappa shape index (κ1) is 24.1. The molecule has 8 nitrogen and oxygen atoms in total. The number of carbonyl (C=O) groups is 2. The van der Waals surface area contributed by atoms with Gasteiger partial charge in [0.15, 0.2) is 11.5 Å². The van der Waals surface area contributed by atoms with Gasteiger partial charge in [0, 0.05) is 23.4 Å². The SMILES string of the molecule is COc1ccc(C=C2Sc3ccc(C(=O)NCCC[NH+]4CCOCC4)cc3NC2=O)cc1OC. The number of quaternary nitrogens is 1. The Bertz CT molecular complexity index is 1080. The van der Waals surface area contributed by atoms with Gasteiger partial charge >= 0.3 is 0 Å². The Morgan fingerprint density at radius 1 is 1.15 bits per heavy atom. The normalized spacial score (nSPS) is 17.1. The first-order valence-electron chi connectivity index (χ1n) is 11.3. The maximum absolute atomic E-state index is 12.7. The van der Waals surface area contributed by atoms with Crippen LogP contribution < -0.4 is 25.0 Å². The van der Waals surface area contributed by atoms with E-state index in [0.717, 1.165) is 49.7 Å². The molecule has 0 spiro atoms. The van der Waals surface area contributed by atoms with E-state index in [2.05, 4.69) is 10.6 Å². The summed E-state index contributed by atoms with van der Waals surface area (Å²) in [6, 6.07) is 10.9. The highest BCUT2D eigenvalue weighted by atomic mass is 32.2. The number of morpholine rings is 1. The van der Waals surface area contributed by atoms with Crippen LogP contribution in [-0.2, 0) is 9.53 Å². The lowest BCUT2D eigenvalue weighted by atomic mass is 10.1. The van der Waals surface area contributed by atoms with E-state index in [1.807, 2.05) is 24.3 Å². The van der Waals surface area contributed by atoms with E-state index in [1.165, 1.54) is 16.7 Å². The van der Waals surface area contributed by atoms with E-state index in [0.29, 0.717) is 34.2 Å². The van der Waals surface area contributed by atoms with E-state index in [4.69, 9.17) is 14.2 Å². The molecule has 0 radical (unpaired) electrons. The zero-order valence-electron chi connectivity index (χ0n) is 19.4. The fourth-order valence-corrected chi connectivity index (χ4v) is 4.88. The smallest absolute Gasteiger partial charge is 0.262 e. The van der Waals surface area contributed by atoms with Crippen LogP contribution in [0, 0.1) is 0 Å². The molecule has 2 heterocycles. The summed E-state index contributed by atoms with van der Waals surface area (Å²) in [5, 5.41) is 5.89. The second-order valence-corrected chi connectivity index (χ2v) is 9.20. The quantitative estimate of drug-likeness (QED) is 0.391. The van der Waals surface area contributed by atoms with Crippen molar-refractivity contribution in [1.29, 1.82) is 0 Å². The second kappa shape index (κ2) is 11.4. The summed E-state index contributed by atoms with van der Waals surface area (Å²) in [7, 11) is 3.16. The molecule has 0 unspecified atom stereocenters. The van der Waals surface area contributed by atoms with Crippen LogP contribution in [0.4, 0.5) is 5.69 Å². The Balaban J connectivity index is 1.37. The number of ether oxygens (including phenoxy) is 3. The molecule has 3 N–H and O–H groups in total. The van der Waals surface area contributed by atoms with Gasteiger partial charge in [-0.2, -0.15) is 0 Å². The van der Waals surface area contributed by atoms with Gasteiger partial charge in [-0.1, -0.05) is 17.8 Å². The predicted molar refractivity (Wildman–Crippen MR) is 132 cm³/mol. The van der Waals surface area contributed by atoms with E-state index in [1.54, 1.807) is 32.4 Å². The molecule has 0 aliphatic carbocycles. The fourth-order valence-electron chi connectivity index (χ4n) is 3.95. The zero-order chi connectivity index (χ0) is 23.9. The van der Waals surface area contributed by atoms with Gasteiger partial charge in [-0.05, 0) is 42.0 Å². The van der Waals surface area contributed by atoms with Crippen LogP contribution in [0.2, 0.25) is 0 Å². The van der Waals surface area contributed by atoms with E-state index >= 15 is 0 Å². The van der Waals surface area contributed by atoms with Gasteiger partial charge in [-0.15, -0.1) is 0 Å². The first-order valence-corrected chi connectivity index (χ1v) is 12.2. The summed E-state index contributed by atoms with van der Waals surface area (Å²) in [4.78, 5) is 28.3. The van der Waals surface area contributed by atoms with Crippen LogP contribution in [0.15, 0.2) is 46.2 Å². The molecule has 2 aromatic rings. The van der Waals surface area contributed by atoms with Crippen molar-refractivity contribution in [2.75, 3.05) is 58.9 Å². The van der Waals surface area contributed by atoms with Gasteiger partial charge in [-0.3, -0.25) is 9.59 Å². The average molecular weight is 485 g/mol. The lowest BCUT2D eigenvalue weighted by molar-refractivity contribution is -0.908. The molecule has 34 heavy (non-hydrogen) atoms. The van der Waals surface area contributed by atoms with E-state index in [-0.39, 0.29) is 11.8 Å². The van der Waals surface area contributed by atoms with Crippen molar-refractivity contribution in [3.05, 3.63) is 52.4 Å². The Hall–Kier alpha value is -3.01. The second-order valence-electron chi connectivity index (χ2n) is 8.11. The largest absolute Gasteiger partial charge is 0.493 e. The molecule has 0 bridgehead atoms. The molecule has 1 fully saturated rings. The average Bonchev–Trinajstić information content (AvgIpc) is 2.87. The molecule has 0 saturated carbocycles. The highest BCUT2D eigenvalue weighted by Crippen LogP contribution is 2.40. The van der Waals surface area contributed by atoms with Gasteiger partial charge in [0.2, 0.25) is 0 Å². The monoisotopic (exact) mass is 484 g/mol. The number of benzene rings is 2. The molecule has 0 atom stereocenters. The van der Waals surface area contributed by atoms with Crippen LogP contribution >= 0.6 is 11.8 Å². The van der Waals surface area contributed by atoms with Crippen molar-refractivity contribution >= 4 is 35.3 Å². The summed E-state index contributed by atoms with van der Waals surface area (Å²) < 4.78 is 16.0. The number of carbonyl (C=O) groups excluding carboxylic acids is 2. The Labute approximate surface area is 203 Å². The summed E-state index contributed by atoms with van der Waals surface area (Å²) in [6.07, 6.45) is 2.73. The number of methoxy groups -OCH3 is 2. The molecule has 2 aliphatic rings. The minimum absolute atomic E-state index is 0.134. The number of nitrogens with one attached hydrogen (secondary N) is 3. The Kier molecular flexibility index (Phi) is 8.10. The number of hydrogen-bond acceptors (Lipinski definition) is 6. The molecule has 180 valence electrons. The number of fused-ring (bicyclic) bond motifs is 1. The molecule has 1 saturated heterocycles. The number of hydrogen-bond donors (Lipinski definition) is 3. The third kappa shape index (κ3) is 5.91. The molecule has 0 aromatic heterocycles. The highest BCUT2D eigenvalue weighted by Gasteiger charge is 2.22. The lowest BCUT2D eigenvalue weighted by Gasteiger charge is -2.23. The van der Waals surface area contributed by atoms with E-state index in [9.17, 15) is 9.59 Å². The Morgan fingerprint density at radius 2 is 1.94 bits per heavy atom. The highest BCUT2D eigenvalue weighted by molar-refractivity contribution is 8.04. The van der Waals surface area contributed by atoms with Crippen LogP contribution in [0.3, 0.4) is 0 Å². The topological polar surface area (TPSA) is 90.3 Å². The third-order valence-corrected chi connectivity index (χ3v) is 6.93. The van der Waals surface area contributed by atoms with Crippen LogP contribution in [-0.4, -0.2) is 65.4 Å². The fraction of sp³-hybridized carbons (Fsp3) is 0.360. The zero-order valence-corrected chi connectivity index (χ0v) is 20.3. The maximum Gasteiger partial charge on any atom is 0.262 e. The summed E-state index contributed by atoms with van der Waals surface area (Å²) in [5.74, 6) is 0.883. The van der Waals surface area contributed by atoms with Crippen molar-refractivity contribution in [2.45, 2.75) is 11.3 Å². The lowest BCUT2D eigenvalue weighted by Crippen LogP contribution is -3.14. The molecule has 2 aromatic carbocycles. The molecule has 4 rings (SSSR count). The minimum Gasteiger partial charge on any atom is -0.493 e. The van der Waals surface area contributed by atoms with Crippen molar-refractivity contribution in [1.82, 2.24) is 5.32 Å². The van der Waals surface area contributed by atoms with E-state index < -0.39 is 0 Å². The van der Waals surface area contributed by atoms with Crippen molar-refractivity contribution in [2.24, 2.45) is 0 Å². The molecule has 2 aliphatic heterocycles. The van der Waals surface area contributed by atoms with Crippen LogP contribution in [0.25, 0.3) is 6.08 Å². The molecule has 9 heteroatoms. The van der Waals surface area contributed by atoms with Gasteiger partial charge in [0.1, 0.15) is 13.1 Å². The third-order valence-electron chi connectivity index (χ3n) is 5.83. The molecular formula is C25H30N3O5S+. The number of rotatable bonds is 8. The predicted octanol–water partition coefficient (Wildman–Crippen LogP) is 1.82. The van der Waals surface area contributed by atoms with Crippen LogP contribution in [0.1, 0.15) is 22.3 Å². The van der Waals surface area contributed by atoms with Gasteiger partial charge in [0.05, 0.1) is 44.6 Å². The Morgan fingerprint density at radius 3 is 2.71 bits per heavy atom. The summed E-state index contributed by atoms with van der Waals surface area (Å²) >= 11 is 1.37. The van der Waals surface area contributed by atoms with Crippen molar-refractivity contribution in [3.8, 4) is 11.5 Å². The number of thioether (sulfide) groups is 1. The summed E-state index contributed by atoms with van der Waals surface area (Å²) in [6.45, 7) is 5.32. The van der Waals surface area contributed by atoms with Gasteiger partial charge < -0.3 is 29.7 Å². The molecular weight excluding hydrogens is 454 g/mol. The molecule has 2 amide bonds. The number of amides is 2. The first-order chi connectivity index (χ1) is 16.6.